The van der Waals surface area contributed by atoms with Crippen LogP contribution in [0.15, 0.2) is 0 Å². The van der Waals surface area contributed by atoms with E-state index in [1.165, 1.54) is 0 Å². The largest absolute Gasteiger partial charge is 0.395 e. The Bertz CT molecular complexity index is 251. The molecule has 0 spiro atoms. The predicted molar refractivity (Wildman–Crippen MR) is 40.4 cm³/mol. The van der Waals surface area contributed by atoms with E-state index in [0.29, 0.717) is 0 Å². The van der Waals surface area contributed by atoms with Crippen LogP contribution in [0.25, 0.3) is 0 Å². The zero-order valence-electron chi connectivity index (χ0n) is 7.88. The van der Waals surface area contributed by atoms with Gasteiger partial charge in [0.1, 0.15) is 7.14 Å². The van der Waals surface area contributed by atoms with Gasteiger partial charge in [-0.15, -0.1) is 0 Å². The van der Waals surface area contributed by atoms with E-state index in [2.05, 4.69) is 0 Å². The standard InChI is InChI=1S/C6H6F9OP/c7-4(8,9)1-17(16,2-5(10,11)12)3-6(13,14)15/h1-3H2. The summed E-state index contributed by atoms with van der Waals surface area (Å²) in [5.74, 6) is 0. The van der Waals surface area contributed by atoms with Crippen LogP contribution in [0.1, 0.15) is 0 Å². The lowest BCUT2D eigenvalue weighted by molar-refractivity contribution is -0.118. The average Bonchev–Trinajstić information content (AvgIpc) is 1.65. The van der Waals surface area contributed by atoms with E-state index >= 15 is 0 Å². The molecule has 0 fully saturated rings. The second-order valence-corrected chi connectivity index (χ2v) is 6.44. The van der Waals surface area contributed by atoms with Crippen LogP contribution in [0.4, 0.5) is 39.5 Å². The topological polar surface area (TPSA) is 17.1 Å². The molecule has 0 saturated carbocycles. The molecule has 0 amide bonds. The normalized spacial score (nSPS) is 15.1. The Balaban J connectivity index is 5.03. The molecule has 17 heavy (non-hydrogen) atoms. The third-order valence-corrected chi connectivity index (χ3v) is 4.21. The molecule has 0 saturated heterocycles. The monoisotopic (exact) mass is 296 g/mol. The first kappa shape index (κ1) is 16.6. The highest BCUT2D eigenvalue weighted by Crippen LogP contribution is 2.55. The van der Waals surface area contributed by atoms with Gasteiger partial charge in [-0.2, -0.15) is 39.5 Å². The predicted octanol–water partition coefficient (Wildman–Crippen LogP) is 4.04. The molecule has 0 bridgehead atoms. The number of hydrogen-bond acceptors (Lipinski definition) is 1. The summed E-state index contributed by atoms with van der Waals surface area (Å²) in [5, 5.41) is 0. The molecule has 11 heteroatoms. The quantitative estimate of drug-likeness (QED) is 0.567. The van der Waals surface area contributed by atoms with Crippen molar-refractivity contribution in [3.05, 3.63) is 0 Å². The van der Waals surface area contributed by atoms with E-state index in [1.54, 1.807) is 0 Å². The molecule has 0 aromatic heterocycles. The third-order valence-electron chi connectivity index (χ3n) is 1.40. The molecule has 0 unspecified atom stereocenters. The minimum atomic E-state index is -5.46. The molecule has 1 nitrogen and oxygen atoms in total. The van der Waals surface area contributed by atoms with Crippen LogP contribution in [0.3, 0.4) is 0 Å². The van der Waals surface area contributed by atoms with Gasteiger partial charge in [-0.05, 0) is 0 Å². The van der Waals surface area contributed by atoms with Gasteiger partial charge in [0.2, 0.25) is 0 Å². The van der Waals surface area contributed by atoms with Crippen LogP contribution < -0.4 is 0 Å². The van der Waals surface area contributed by atoms with Crippen molar-refractivity contribution in [2.75, 3.05) is 18.5 Å². The van der Waals surface area contributed by atoms with Crippen molar-refractivity contribution in [3.8, 4) is 0 Å². The fraction of sp³-hybridized carbons (Fsp3) is 1.00. The van der Waals surface area contributed by atoms with E-state index in [1.807, 2.05) is 0 Å². The molecule has 0 atom stereocenters. The van der Waals surface area contributed by atoms with Gasteiger partial charge < -0.3 is 4.57 Å². The fourth-order valence-corrected chi connectivity index (χ4v) is 3.44. The summed E-state index contributed by atoms with van der Waals surface area (Å²) < 4.78 is 117. The van der Waals surface area contributed by atoms with Gasteiger partial charge in [-0.1, -0.05) is 0 Å². The van der Waals surface area contributed by atoms with Crippen molar-refractivity contribution in [2.45, 2.75) is 18.5 Å². The maximum absolute atomic E-state index is 11.8. The average molecular weight is 296 g/mol. The van der Waals surface area contributed by atoms with Crippen LogP contribution in [0.5, 0.6) is 0 Å². The maximum Gasteiger partial charge on any atom is 0.395 e. The Morgan fingerprint density at radius 2 is 0.765 bits per heavy atom. The number of rotatable bonds is 3. The lowest BCUT2D eigenvalue weighted by Gasteiger charge is -2.22. The summed E-state index contributed by atoms with van der Waals surface area (Å²) in [6.45, 7) is 0. The van der Waals surface area contributed by atoms with Gasteiger partial charge in [0, 0.05) is 0 Å². The lowest BCUT2D eigenvalue weighted by atomic mass is 10.7. The van der Waals surface area contributed by atoms with Crippen LogP contribution in [-0.4, -0.2) is 37.0 Å². The first-order valence-corrected chi connectivity index (χ1v) is 6.16. The van der Waals surface area contributed by atoms with Crippen molar-refractivity contribution >= 4 is 7.14 Å². The summed E-state index contributed by atoms with van der Waals surface area (Å²) in [6, 6.07) is 0. The van der Waals surface area contributed by atoms with E-state index < -0.39 is 44.2 Å². The summed E-state index contributed by atoms with van der Waals surface area (Å²) >= 11 is 0. The van der Waals surface area contributed by atoms with E-state index in [-0.39, 0.29) is 0 Å². The van der Waals surface area contributed by atoms with Crippen molar-refractivity contribution < 1.29 is 44.1 Å². The summed E-state index contributed by atoms with van der Waals surface area (Å²) in [5.41, 5.74) is 0. The molecule has 0 aliphatic rings. The van der Waals surface area contributed by atoms with Gasteiger partial charge in [-0.25, -0.2) is 0 Å². The second kappa shape index (κ2) is 4.70. The molecule has 0 N–H and O–H groups in total. The Hall–Kier alpha value is -0.400. The molecular weight excluding hydrogens is 290 g/mol. The highest BCUT2D eigenvalue weighted by molar-refractivity contribution is 7.64. The smallest absolute Gasteiger partial charge is 0.323 e. The van der Waals surface area contributed by atoms with Gasteiger partial charge in [0.05, 0.1) is 18.5 Å². The molecule has 0 aromatic carbocycles. The van der Waals surface area contributed by atoms with E-state index in [4.69, 9.17) is 0 Å². The SMILES string of the molecule is O=P(CC(F)(F)F)(CC(F)(F)F)CC(F)(F)F. The van der Waals surface area contributed by atoms with E-state index in [0.717, 1.165) is 0 Å². The summed E-state index contributed by atoms with van der Waals surface area (Å²) in [6.07, 6.45) is -23.7. The van der Waals surface area contributed by atoms with Crippen molar-refractivity contribution in [1.82, 2.24) is 0 Å². The van der Waals surface area contributed by atoms with Gasteiger partial charge in [-0.3, -0.25) is 0 Å². The summed E-state index contributed by atoms with van der Waals surface area (Å²) in [4.78, 5) is 0. The van der Waals surface area contributed by atoms with Crippen molar-refractivity contribution in [3.63, 3.8) is 0 Å². The minimum absolute atomic E-state index is 2.57. The van der Waals surface area contributed by atoms with Crippen LogP contribution in [-0.2, 0) is 4.57 Å². The van der Waals surface area contributed by atoms with Gasteiger partial charge in [0.25, 0.3) is 0 Å². The Kier molecular flexibility index (Phi) is 4.59. The zero-order chi connectivity index (χ0) is 14.1. The fourth-order valence-electron chi connectivity index (χ4n) is 1.15. The molecule has 0 rings (SSSR count). The molecule has 0 aliphatic carbocycles. The number of hydrogen-bond donors (Lipinski definition) is 0. The molecule has 0 heterocycles. The molecule has 0 aromatic rings. The first-order chi connectivity index (χ1) is 7.12. The highest BCUT2D eigenvalue weighted by atomic mass is 31.2. The van der Waals surface area contributed by atoms with Crippen LogP contribution in [0, 0.1) is 0 Å². The molecular formula is C6H6F9OP. The minimum Gasteiger partial charge on any atom is -0.323 e. The number of halogens is 9. The molecule has 0 radical (unpaired) electrons. The summed E-state index contributed by atoms with van der Waals surface area (Å²) in [7, 11) is -5.46. The maximum atomic E-state index is 11.8. The zero-order valence-corrected chi connectivity index (χ0v) is 8.77. The van der Waals surface area contributed by atoms with Crippen molar-refractivity contribution in [2.24, 2.45) is 0 Å². The lowest BCUT2D eigenvalue weighted by Crippen LogP contribution is -2.28. The highest BCUT2D eigenvalue weighted by Gasteiger charge is 2.50. The second-order valence-electron chi connectivity index (χ2n) is 3.38. The number of alkyl halides is 9. The van der Waals surface area contributed by atoms with Crippen LogP contribution in [0.2, 0.25) is 0 Å². The molecule has 0 aliphatic heterocycles. The Morgan fingerprint density at radius 1 is 0.588 bits per heavy atom. The Labute approximate surface area is 89.3 Å². The van der Waals surface area contributed by atoms with Gasteiger partial charge >= 0.3 is 18.5 Å². The van der Waals surface area contributed by atoms with Crippen molar-refractivity contribution in [1.29, 1.82) is 0 Å². The van der Waals surface area contributed by atoms with Crippen LogP contribution >= 0.6 is 7.14 Å². The third kappa shape index (κ3) is 9.31. The Morgan fingerprint density at radius 3 is 0.882 bits per heavy atom. The molecule has 104 valence electrons. The van der Waals surface area contributed by atoms with E-state index in [9.17, 15) is 44.1 Å². The first-order valence-electron chi connectivity index (χ1n) is 3.89. The van der Waals surface area contributed by atoms with Gasteiger partial charge in [0.15, 0.2) is 0 Å².